The zero-order valence-electron chi connectivity index (χ0n) is 8.59. The highest BCUT2D eigenvalue weighted by atomic mass is 31.2. The molecule has 0 amide bonds. The van der Waals surface area contributed by atoms with Gasteiger partial charge in [-0.3, -0.25) is 9.32 Å². The Morgan fingerprint density at radius 1 is 1.27 bits per heavy atom. The number of hydrogen-bond donors (Lipinski definition) is 2. The summed E-state index contributed by atoms with van der Waals surface area (Å²) in [5.74, 6) is 0.164. The molecule has 88 valence electrons. The highest BCUT2D eigenvalue weighted by molar-refractivity contribution is 7.46. The number of carbonyl (C=O) groups is 1. The minimum absolute atomic E-state index is 0.217. The summed E-state index contributed by atoms with van der Waals surface area (Å²) >= 11 is 0. The van der Waals surface area contributed by atoms with Gasteiger partial charge in [-0.1, -0.05) is 32.1 Å². The number of hydrogen-bond acceptors (Lipinski definition) is 3. The Morgan fingerprint density at radius 2 is 1.87 bits per heavy atom. The van der Waals surface area contributed by atoms with Crippen LogP contribution in [0, 0.1) is 5.92 Å². The maximum absolute atomic E-state index is 11.3. The van der Waals surface area contributed by atoms with Crippen molar-refractivity contribution in [3.05, 3.63) is 0 Å². The standard InChI is InChI=1S/C9H17O5P/c10-9(7-14-15(11,12)13)6-8-4-2-1-3-5-8/h8H,1-7H2,(H2,11,12,13). The van der Waals surface area contributed by atoms with Gasteiger partial charge in [-0.2, -0.15) is 0 Å². The molecule has 1 aliphatic carbocycles. The van der Waals surface area contributed by atoms with Crippen LogP contribution in [0.2, 0.25) is 0 Å². The molecule has 0 spiro atoms. The van der Waals surface area contributed by atoms with Gasteiger partial charge in [0.05, 0.1) is 0 Å². The lowest BCUT2D eigenvalue weighted by Crippen LogP contribution is -2.15. The van der Waals surface area contributed by atoms with Gasteiger partial charge in [0.15, 0.2) is 5.78 Å². The van der Waals surface area contributed by atoms with E-state index in [9.17, 15) is 9.36 Å². The van der Waals surface area contributed by atoms with E-state index in [-0.39, 0.29) is 5.78 Å². The number of rotatable bonds is 5. The summed E-state index contributed by atoms with van der Waals surface area (Å²) in [4.78, 5) is 28.1. The van der Waals surface area contributed by atoms with E-state index in [0.717, 1.165) is 25.7 Å². The molecule has 6 heteroatoms. The van der Waals surface area contributed by atoms with Gasteiger partial charge in [0.1, 0.15) is 6.61 Å². The van der Waals surface area contributed by atoms with E-state index in [1.54, 1.807) is 0 Å². The third kappa shape index (κ3) is 6.05. The van der Waals surface area contributed by atoms with E-state index >= 15 is 0 Å². The molecule has 0 unspecified atom stereocenters. The molecule has 0 saturated heterocycles. The first kappa shape index (κ1) is 12.8. The molecule has 0 aliphatic heterocycles. The molecule has 5 nitrogen and oxygen atoms in total. The minimum Gasteiger partial charge on any atom is -0.303 e. The third-order valence-electron chi connectivity index (χ3n) is 2.63. The first-order valence-electron chi connectivity index (χ1n) is 5.19. The minimum atomic E-state index is -4.49. The number of Topliss-reactive ketones (excluding diaryl/α,β-unsaturated/α-hetero) is 1. The summed E-state index contributed by atoms with van der Waals surface area (Å²) < 4.78 is 14.5. The maximum Gasteiger partial charge on any atom is 0.470 e. The van der Waals surface area contributed by atoms with Gasteiger partial charge in [-0.15, -0.1) is 0 Å². The molecule has 1 saturated carbocycles. The maximum atomic E-state index is 11.3. The average molecular weight is 236 g/mol. The Hall–Kier alpha value is -0.220. The predicted octanol–water partition coefficient (Wildman–Crippen LogP) is 1.64. The van der Waals surface area contributed by atoms with E-state index < -0.39 is 14.4 Å². The van der Waals surface area contributed by atoms with Crippen LogP contribution in [0.1, 0.15) is 38.5 Å². The summed E-state index contributed by atoms with van der Waals surface area (Å²) in [5, 5.41) is 0. The zero-order chi connectivity index (χ0) is 11.3. The normalized spacial score (nSPS) is 19.1. The van der Waals surface area contributed by atoms with Crippen molar-refractivity contribution in [3.8, 4) is 0 Å². The quantitative estimate of drug-likeness (QED) is 0.709. The van der Waals surface area contributed by atoms with E-state index in [2.05, 4.69) is 4.52 Å². The molecule has 0 aromatic rings. The molecule has 0 atom stereocenters. The molecule has 1 rings (SSSR count). The summed E-state index contributed by atoms with van der Waals surface area (Å²) in [6.45, 7) is -0.471. The predicted molar refractivity (Wildman–Crippen MR) is 54.2 cm³/mol. The zero-order valence-corrected chi connectivity index (χ0v) is 9.49. The van der Waals surface area contributed by atoms with Crippen LogP contribution in [-0.4, -0.2) is 22.2 Å². The van der Waals surface area contributed by atoms with Gasteiger partial charge in [-0.25, -0.2) is 4.57 Å². The van der Waals surface area contributed by atoms with Crippen molar-refractivity contribution in [3.63, 3.8) is 0 Å². The Balaban J connectivity index is 2.20. The van der Waals surface area contributed by atoms with Crippen molar-refractivity contribution in [2.75, 3.05) is 6.61 Å². The first-order chi connectivity index (χ1) is 6.97. The Labute approximate surface area is 89.1 Å². The van der Waals surface area contributed by atoms with Gasteiger partial charge in [0.25, 0.3) is 0 Å². The molecule has 0 radical (unpaired) electrons. The molecule has 0 aromatic heterocycles. The number of phosphoric acid groups is 1. The molecule has 0 bridgehead atoms. The van der Waals surface area contributed by atoms with Gasteiger partial charge >= 0.3 is 7.82 Å². The SMILES string of the molecule is O=C(COP(=O)(O)O)CC1CCCCC1. The fourth-order valence-corrected chi connectivity index (χ4v) is 2.24. The van der Waals surface area contributed by atoms with Crippen molar-refractivity contribution in [1.29, 1.82) is 0 Å². The fourth-order valence-electron chi connectivity index (χ4n) is 1.93. The van der Waals surface area contributed by atoms with Crippen molar-refractivity contribution < 1.29 is 23.7 Å². The van der Waals surface area contributed by atoms with Crippen LogP contribution in [0.25, 0.3) is 0 Å². The Kier molecular flexibility index (Phi) is 4.93. The summed E-state index contributed by atoms with van der Waals surface area (Å²) in [7, 11) is -4.49. The number of phosphoric ester groups is 1. The second-order valence-corrected chi connectivity index (χ2v) is 5.25. The second kappa shape index (κ2) is 5.75. The average Bonchev–Trinajstić information content (AvgIpc) is 2.15. The van der Waals surface area contributed by atoms with Crippen LogP contribution in [0.4, 0.5) is 0 Å². The van der Waals surface area contributed by atoms with Gasteiger partial charge in [0, 0.05) is 6.42 Å². The van der Waals surface area contributed by atoms with Gasteiger partial charge in [0.2, 0.25) is 0 Å². The molecule has 1 fully saturated rings. The van der Waals surface area contributed by atoms with Crippen LogP contribution in [-0.2, 0) is 13.9 Å². The largest absolute Gasteiger partial charge is 0.470 e. The molecule has 15 heavy (non-hydrogen) atoms. The Bertz CT molecular complexity index is 253. The van der Waals surface area contributed by atoms with E-state index in [1.165, 1.54) is 6.42 Å². The molecule has 0 heterocycles. The van der Waals surface area contributed by atoms with Crippen LogP contribution in [0.3, 0.4) is 0 Å². The fraction of sp³-hybridized carbons (Fsp3) is 0.889. The number of ketones is 1. The smallest absolute Gasteiger partial charge is 0.303 e. The second-order valence-electron chi connectivity index (χ2n) is 4.01. The monoisotopic (exact) mass is 236 g/mol. The topological polar surface area (TPSA) is 83.8 Å². The molecular weight excluding hydrogens is 219 g/mol. The van der Waals surface area contributed by atoms with Crippen molar-refractivity contribution in [2.45, 2.75) is 38.5 Å². The lowest BCUT2D eigenvalue weighted by atomic mass is 9.86. The van der Waals surface area contributed by atoms with E-state index in [1.807, 2.05) is 0 Å². The third-order valence-corrected chi connectivity index (χ3v) is 3.10. The summed E-state index contributed by atoms with van der Waals surface area (Å²) in [6.07, 6.45) is 6.00. The van der Waals surface area contributed by atoms with Crippen molar-refractivity contribution in [2.24, 2.45) is 5.92 Å². The van der Waals surface area contributed by atoms with Crippen LogP contribution >= 0.6 is 7.82 Å². The van der Waals surface area contributed by atoms with Crippen LogP contribution < -0.4 is 0 Å². The van der Waals surface area contributed by atoms with Crippen LogP contribution in [0.15, 0.2) is 0 Å². The van der Waals surface area contributed by atoms with E-state index in [0.29, 0.717) is 12.3 Å². The van der Waals surface area contributed by atoms with Gasteiger partial charge in [-0.05, 0) is 5.92 Å². The highest BCUT2D eigenvalue weighted by Crippen LogP contribution is 2.35. The number of carbonyl (C=O) groups excluding carboxylic acids is 1. The summed E-state index contributed by atoms with van der Waals surface area (Å²) in [6, 6.07) is 0. The molecular formula is C9H17O5P. The lowest BCUT2D eigenvalue weighted by Gasteiger charge is -2.20. The first-order valence-corrected chi connectivity index (χ1v) is 6.72. The van der Waals surface area contributed by atoms with E-state index in [4.69, 9.17) is 9.79 Å². The van der Waals surface area contributed by atoms with Crippen LogP contribution in [0.5, 0.6) is 0 Å². The highest BCUT2D eigenvalue weighted by Gasteiger charge is 2.20. The van der Waals surface area contributed by atoms with Gasteiger partial charge < -0.3 is 9.79 Å². The molecule has 0 aromatic carbocycles. The Morgan fingerprint density at radius 3 is 2.40 bits per heavy atom. The molecule has 2 N–H and O–H groups in total. The lowest BCUT2D eigenvalue weighted by molar-refractivity contribution is -0.122. The molecule has 1 aliphatic rings. The summed E-state index contributed by atoms with van der Waals surface area (Å²) in [5.41, 5.74) is 0. The van der Waals surface area contributed by atoms with Crippen molar-refractivity contribution >= 4 is 13.6 Å². The van der Waals surface area contributed by atoms with Crippen molar-refractivity contribution in [1.82, 2.24) is 0 Å².